The Kier molecular flexibility index (Phi) is 3.69. The minimum atomic E-state index is -0.782. The molecule has 0 bridgehead atoms. The molecule has 2 atom stereocenters. The molecule has 1 rings (SSSR count). The summed E-state index contributed by atoms with van der Waals surface area (Å²) in [6, 6.07) is -0.419. The van der Waals surface area contributed by atoms with Crippen LogP contribution in [0.2, 0.25) is 0 Å². The second-order valence-electron chi connectivity index (χ2n) is 3.88. The summed E-state index contributed by atoms with van der Waals surface area (Å²) in [4.78, 5) is 10.6. The highest BCUT2D eigenvalue weighted by Crippen LogP contribution is 2.11. The summed E-state index contributed by atoms with van der Waals surface area (Å²) in [5.41, 5.74) is 0. The van der Waals surface area contributed by atoms with E-state index in [-0.39, 0.29) is 6.10 Å². The van der Waals surface area contributed by atoms with E-state index >= 15 is 0 Å². The SMILES string of the molecule is CC(C)CO[C@H]1CN[C@H](C(=O)O)C1. The topological polar surface area (TPSA) is 58.6 Å². The fourth-order valence-corrected chi connectivity index (χ4v) is 1.35. The van der Waals surface area contributed by atoms with Gasteiger partial charge in [0.2, 0.25) is 0 Å². The molecule has 4 nitrogen and oxygen atoms in total. The molecule has 0 spiro atoms. The van der Waals surface area contributed by atoms with Gasteiger partial charge in [-0.1, -0.05) is 13.8 Å². The molecule has 1 aliphatic heterocycles. The zero-order valence-corrected chi connectivity index (χ0v) is 8.12. The minimum absolute atomic E-state index is 0.0727. The molecule has 0 aromatic carbocycles. The van der Waals surface area contributed by atoms with E-state index in [0.717, 1.165) is 0 Å². The minimum Gasteiger partial charge on any atom is -0.480 e. The number of carboxylic acids is 1. The maximum atomic E-state index is 10.6. The van der Waals surface area contributed by atoms with E-state index in [1.165, 1.54) is 0 Å². The average Bonchev–Trinajstić information content (AvgIpc) is 2.48. The Balaban J connectivity index is 2.21. The molecule has 0 radical (unpaired) electrons. The number of aliphatic carboxylic acids is 1. The largest absolute Gasteiger partial charge is 0.480 e. The van der Waals surface area contributed by atoms with Crippen LogP contribution >= 0.6 is 0 Å². The Hall–Kier alpha value is -0.610. The number of carboxylic acid groups (broad SMARTS) is 1. The third-order valence-electron chi connectivity index (χ3n) is 2.05. The average molecular weight is 187 g/mol. The number of carbonyl (C=O) groups is 1. The van der Waals surface area contributed by atoms with Crippen molar-refractivity contribution in [2.45, 2.75) is 32.4 Å². The molecule has 1 saturated heterocycles. The Bertz CT molecular complexity index is 182. The lowest BCUT2D eigenvalue weighted by Gasteiger charge is -2.12. The maximum Gasteiger partial charge on any atom is 0.320 e. The Morgan fingerprint density at radius 1 is 1.69 bits per heavy atom. The summed E-state index contributed by atoms with van der Waals surface area (Å²) >= 11 is 0. The highest BCUT2D eigenvalue weighted by atomic mass is 16.5. The first-order chi connectivity index (χ1) is 6.09. The van der Waals surface area contributed by atoms with Gasteiger partial charge in [-0.2, -0.15) is 0 Å². The molecule has 4 heteroatoms. The molecule has 2 N–H and O–H groups in total. The molecule has 0 aromatic rings. The van der Waals surface area contributed by atoms with Crippen molar-refractivity contribution in [2.75, 3.05) is 13.2 Å². The smallest absolute Gasteiger partial charge is 0.320 e. The van der Waals surface area contributed by atoms with Gasteiger partial charge in [-0.3, -0.25) is 4.79 Å². The van der Waals surface area contributed by atoms with E-state index in [2.05, 4.69) is 19.2 Å². The molecule has 0 aliphatic carbocycles. The van der Waals surface area contributed by atoms with Crippen LogP contribution in [0, 0.1) is 5.92 Å². The third kappa shape index (κ3) is 3.32. The van der Waals surface area contributed by atoms with Crippen LogP contribution in [0.5, 0.6) is 0 Å². The van der Waals surface area contributed by atoms with Crippen LogP contribution in [0.4, 0.5) is 0 Å². The second kappa shape index (κ2) is 4.58. The van der Waals surface area contributed by atoms with Crippen LogP contribution in [-0.4, -0.2) is 36.4 Å². The number of hydrogen-bond acceptors (Lipinski definition) is 3. The summed E-state index contributed by atoms with van der Waals surface area (Å²) in [6.07, 6.45) is 0.658. The number of rotatable bonds is 4. The van der Waals surface area contributed by atoms with E-state index in [9.17, 15) is 4.79 Å². The predicted octanol–water partition coefficient (Wildman–Crippen LogP) is 0.474. The molecule has 1 heterocycles. The quantitative estimate of drug-likeness (QED) is 0.672. The first kappa shape index (κ1) is 10.5. The van der Waals surface area contributed by atoms with E-state index in [1.54, 1.807) is 0 Å². The Labute approximate surface area is 78.3 Å². The van der Waals surface area contributed by atoms with Crippen LogP contribution in [-0.2, 0) is 9.53 Å². The molecule has 0 amide bonds. The van der Waals surface area contributed by atoms with Crippen LogP contribution in [0.15, 0.2) is 0 Å². The zero-order valence-electron chi connectivity index (χ0n) is 8.12. The molecule has 0 unspecified atom stereocenters. The molecular formula is C9H17NO3. The van der Waals surface area contributed by atoms with Crippen LogP contribution < -0.4 is 5.32 Å². The third-order valence-corrected chi connectivity index (χ3v) is 2.05. The summed E-state index contributed by atoms with van der Waals surface area (Å²) in [7, 11) is 0. The predicted molar refractivity (Wildman–Crippen MR) is 48.6 cm³/mol. The molecule has 0 aromatic heterocycles. The van der Waals surface area contributed by atoms with Crippen molar-refractivity contribution < 1.29 is 14.6 Å². The standard InChI is InChI=1S/C9H17NO3/c1-6(2)5-13-7-3-8(9(11)12)10-4-7/h6-8,10H,3-5H2,1-2H3,(H,11,12)/t7-,8+/m1/s1. The highest BCUT2D eigenvalue weighted by molar-refractivity contribution is 5.73. The Morgan fingerprint density at radius 3 is 2.85 bits per heavy atom. The van der Waals surface area contributed by atoms with Gasteiger partial charge in [-0.05, 0) is 5.92 Å². The van der Waals surface area contributed by atoms with Crippen molar-refractivity contribution >= 4 is 5.97 Å². The monoisotopic (exact) mass is 187 g/mol. The maximum absolute atomic E-state index is 10.6. The van der Waals surface area contributed by atoms with Crippen molar-refractivity contribution in [3.8, 4) is 0 Å². The fraction of sp³-hybridized carbons (Fsp3) is 0.889. The van der Waals surface area contributed by atoms with E-state index in [1.807, 2.05) is 0 Å². The lowest BCUT2D eigenvalue weighted by Crippen LogP contribution is -2.29. The highest BCUT2D eigenvalue weighted by Gasteiger charge is 2.29. The van der Waals surface area contributed by atoms with E-state index < -0.39 is 12.0 Å². The lowest BCUT2D eigenvalue weighted by molar-refractivity contribution is -0.139. The van der Waals surface area contributed by atoms with Gasteiger partial charge in [0, 0.05) is 19.6 Å². The first-order valence-electron chi connectivity index (χ1n) is 4.67. The molecular weight excluding hydrogens is 170 g/mol. The summed E-state index contributed by atoms with van der Waals surface area (Å²) in [6.45, 7) is 5.52. The normalized spacial score (nSPS) is 28.2. The van der Waals surface area contributed by atoms with Crippen LogP contribution in [0.25, 0.3) is 0 Å². The van der Waals surface area contributed by atoms with Crippen LogP contribution in [0.1, 0.15) is 20.3 Å². The van der Waals surface area contributed by atoms with Gasteiger partial charge in [-0.15, -0.1) is 0 Å². The molecule has 13 heavy (non-hydrogen) atoms. The van der Waals surface area contributed by atoms with Crippen molar-refractivity contribution in [1.29, 1.82) is 0 Å². The summed E-state index contributed by atoms with van der Waals surface area (Å²) < 4.78 is 5.52. The van der Waals surface area contributed by atoms with Gasteiger partial charge in [-0.25, -0.2) is 0 Å². The van der Waals surface area contributed by atoms with Crippen LogP contribution in [0.3, 0.4) is 0 Å². The van der Waals surface area contributed by atoms with Gasteiger partial charge >= 0.3 is 5.97 Å². The van der Waals surface area contributed by atoms with Gasteiger partial charge in [0.05, 0.1) is 6.10 Å². The fourth-order valence-electron chi connectivity index (χ4n) is 1.35. The van der Waals surface area contributed by atoms with Gasteiger partial charge in [0.25, 0.3) is 0 Å². The zero-order chi connectivity index (χ0) is 9.84. The van der Waals surface area contributed by atoms with Gasteiger partial charge in [0.15, 0.2) is 0 Å². The number of hydrogen-bond donors (Lipinski definition) is 2. The molecule has 1 aliphatic rings. The van der Waals surface area contributed by atoms with Gasteiger partial charge in [0.1, 0.15) is 6.04 Å². The summed E-state index contributed by atoms with van der Waals surface area (Å²) in [5.74, 6) is -0.278. The van der Waals surface area contributed by atoms with Crippen molar-refractivity contribution in [3.05, 3.63) is 0 Å². The van der Waals surface area contributed by atoms with Crippen molar-refractivity contribution in [3.63, 3.8) is 0 Å². The van der Waals surface area contributed by atoms with E-state index in [0.29, 0.717) is 25.5 Å². The molecule has 1 fully saturated rings. The van der Waals surface area contributed by atoms with Crippen molar-refractivity contribution in [1.82, 2.24) is 5.32 Å². The second-order valence-corrected chi connectivity index (χ2v) is 3.88. The number of nitrogens with one attached hydrogen (secondary N) is 1. The van der Waals surface area contributed by atoms with Crippen molar-refractivity contribution in [2.24, 2.45) is 5.92 Å². The lowest BCUT2D eigenvalue weighted by atomic mass is 10.2. The first-order valence-corrected chi connectivity index (χ1v) is 4.67. The Morgan fingerprint density at radius 2 is 2.38 bits per heavy atom. The van der Waals surface area contributed by atoms with Gasteiger partial charge < -0.3 is 15.2 Å². The number of ether oxygens (including phenoxy) is 1. The molecule has 0 saturated carbocycles. The van der Waals surface area contributed by atoms with E-state index in [4.69, 9.17) is 9.84 Å². The summed E-state index contributed by atoms with van der Waals surface area (Å²) in [5, 5.41) is 11.6. The molecule has 76 valence electrons.